The minimum Gasteiger partial charge on any atom is -0.308 e. The molecule has 0 unspecified atom stereocenters. The van der Waals surface area contributed by atoms with E-state index in [-0.39, 0.29) is 16.9 Å². The predicted molar refractivity (Wildman–Crippen MR) is 249 cm³/mol. The molecule has 328 valence electrons. The number of nitrogens with zero attached hydrogens (tertiary/aromatic N) is 11. The second kappa shape index (κ2) is 16.1. The zero-order chi connectivity index (χ0) is 46.9. The summed E-state index contributed by atoms with van der Waals surface area (Å²) >= 11 is 0. The molecule has 0 amide bonds. The van der Waals surface area contributed by atoms with E-state index in [1.165, 1.54) is 12.1 Å². The molecule has 6 aromatic carbocycles. The molecule has 6 aromatic heterocycles. The highest BCUT2D eigenvalue weighted by Crippen LogP contribution is 2.46. The van der Waals surface area contributed by atoms with Crippen molar-refractivity contribution in [2.45, 2.75) is 0 Å². The Bertz CT molecular complexity index is 3640. The Hall–Kier alpha value is -9.62. The molecule has 0 aliphatic heterocycles. The third-order valence-electron chi connectivity index (χ3n) is 12.0. The molecule has 0 radical (unpaired) electrons. The van der Waals surface area contributed by atoms with Gasteiger partial charge in [0, 0.05) is 98.9 Å². The van der Waals surface area contributed by atoms with Crippen molar-refractivity contribution >= 4 is 43.6 Å². The van der Waals surface area contributed by atoms with Crippen molar-refractivity contribution in [1.82, 2.24) is 49.0 Å². The molecule has 16 heteroatoms. The van der Waals surface area contributed by atoms with Gasteiger partial charge in [-0.25, -0.2) is 61.8 Å². The normalized spacial score (nSPS) is 11.5. The lowest BCUT2D eigenvalue weighted by molar-refractivity contribution is 0.381. The maximum absolute atomic E-state index is 16.9. The summed E-state index contributed by atoms with van der Waals surface area (Å²) in [6.45, 7) is 0. The lowest BCUT2D eigenvalue weighted by Gasteiger charge is -2.22. The van der Waals surface area contributed by atoms with Crippen molar-refractivity contribution in [3.05, 3.63) is 193 Å². The van der Waals surface area contributed by atoms with Gasteiger partial charge in [-0.3, -0.25) is 0 Å². The van der Waals surface area contributed by atoms with Crippen LogP contribution in [0.4, 0.5) is 22.0 Å². The fourth-order valence-corrected chi connectivity index (χ4v) is 9.02. The minimum absolute atomic E-state index is 0.00449. The van der Waals surface area contributed by atoms with Crippen molar-refractivity contribution in [2.24, 2.45) is 0 Å². The molecule has 69 heavy (non-hydrogen) atoms. The largest absolute Gasteiger partial charge is 0.308 e. The number of hydrogen-bond acceptors (Lipinski definition) is 9. The first kappa shape index (κ1) is 40.9. The van der Waals surface area contributed by atoms with Gasteiger partial charge in [-0.15, -0.1) is 0 Å². The van der Waals surface area contributed by atoms with Gasteiger partial charge in [-0.1, -0.05) is 0 Å². The number of fused-ring (bicyclic) bond motifs is 6. The Kier molecular flexibility index (Phi) is 9.51. The fourth-order valence-electron chi connectivity index (χ4n) is 9.02. The van der Waals surface area contributed by atoms with Gasteiger partial charge in [0.25, 0.3) is 0 Å². The van der Waals surface area contributed by atoms with Crippen LogP contribution >= 0.6 is 0 Å². The maximum atomic E-state index is 16.9. The van der Waals surface area contributed by atoms with E-state index in [1.807, 2.05) is 24.3 Å². The Morgan fingerprint density at radius 3 is 0.899 bits per heavy atom. The van der Waals surface area contributed by atoms with Crippen LogP contribution in [-0.2, 0) is 0 Å². The van der Waals surface area contributed by atoms with Crippen molar-refractivity contribution in [1.29, 1.82) is 5.26 Å². The van der Waals surface area contributed by atoms with Crippen molar-refractivity contribution in [3.63, 3.8) is 0 Å². The summed E-state index contributed by atoms with van der Waals surface area (Å²) in [7, 11) is 0. The zero-order valence-corrected chi connectivity index (χ0v) is 35.3. The highest BCUT2D eigenvalue weighted by Gasteiger charge is 2.33. The molecule has 0 N–H and O–H groups in total. The summed E-state index contributed by atoms with van der Waals surface area (Å²) in [5, 5.41) is 13.2. The predicted octanol–water partition coefficient (Wildman–Crippen LogP) is 11.9. The first-order valence-corrected chi connectivity index (χ1v) is 21.1. The third-order valence-corrected chi connectivity index (χ3v) is 12.0. The van der Waals surface area contributed by atoms with E-state index in [4.69, 9.17) is 0 Å². The number of nitriles is 1. The Morgan fingerprint density at radius 2 is 0.623 bits per heavy atom. The molecule has 12 rings (SSSR count). The quantitative estimate of drug-likeness (QED) is 0.0869. The van der Waals surface area contributed by atoms with Crippen molar-refractivity contribution in [2.75, 3.05) is 0 Å². The molecule has 0 bridgehead atoms. The fraction of sp³-hybridized carbons (Fsp3) is 0. The number of benzene rings is 6. The molecule has 0 atom stereocenters. The van der Waals surface area contributed by atoms with E-state index >= 15 is 22.0 Å². The van der Waals surface area contributed by atoms with Crippen molar-refractivity contribution in [3.8, 4) is 74.1 Å². The van der Waals surface area contributed by atoms with Crippen LogP contribution in [0.25, 0.3) is 112 Å². The van der Waals surface area contributed by atoms with Gasteiger partial charge in [0.1, 0.15) is 0 Å². The van der Waals surface area contributed by atoms with Crippen LogP contribution < -0.4 is 0 Å². The molecule has 0 saturated heterocycles. The summed E-state index contributed by atoms with van der Waals surface area (Å²) in [6.07, 6.45) is 12.8. The highest BCUT2D eigenvalue weighted by molar-refractivity contribution is 6.14. The van der Waals surface area contributed by atoms with Crippen LogP contribution in [0.3, 0.4) is 0 Å². The molecule has 12 aromatic rings. The van der Waals surface area contributed by atoms with E-state index in [2.05, 4.69) is 45.9 Å². The van der Waals surface area contributed by atoms with E-state index in [1.54, 1.807) is 132 Å². The van der Waals surface area contributed by atoms with Gasteiger partial charge in [-0.2, -0.15) is 5.26 Å². The van der Waals surface area contributed by atoms with Crippen LogP contribution in [0.15, 0.2) is 159 Å². The number of hydrogen-bond donors (Lipinski definition) is 0. The second-order valence-corrected chi connectivity index (χ2v) is 15.8. The summed E-state index contributed by atoms with van der Waals surface area (Å²) in [4.78, 5) is 35.6. The first-order valence-electron chi connectivity index (χ1n) is 21.1. The summed E-state index contributed by atoms with van der Waals surface area (Å²) in [5.74, 6) is -9.11. The number of aromatic nitrogens is 10. The third kappa shape index (κ3) is 6.55. The first-order chi connectivity index (χ1) is 33.8. The SMILES string of the molecule is N#Cc1cc(-n2c3ccc(-c4ncccn4)cc3c3cc(-c4ncccn4)ccc32)c(-c2c(F)c(F)c(F)c(F)c2F)c(-n2c3ccc(-c4ncccn4)cc3c3cc(-c4ncccn4)ccc32)c1. The molecule has 0 saturated carbocycles. The maximum Gasteiger partial charge on any atom is 0.200 e. The Morgan fingerprint density at radius 1 is 0.348 bits per heavy atom. The lowest BCUT2D eigenvalue weighted by Crippen LogP contribution is -2.10. The molecular weight excluding hydrogens is 886 g/mol. The molecule has 0 spiro atoms. The number of rotatable bonds is 7. The summed E-state index contributed by atoms with van der Waals surface area (Å²) < 4.78 is 83.6. The topological polar surface area (TPSA) is 137 Å². The monoisotopic (exact) mass is 911 g/mol. The van der Waals surface area contributed by atoms with Gasteiger partial charge in [0.15, 0.2) is 46.6 Å². The van der Waals surface area contributed by atoms with E-state index < -0.39 is 40.2 Å². The van der Waals surface area contributed by atoms with Gasteiger partial charge in [0.2, 0.25) is 5.82 Å². The summed E-state index contributed by atoms with van der Waals surface area (Å²) in [6, 6.07) is 33.1. The van der Waals surface area contributed by atoms with Crippen LogP contribution in [0.1, 0.15) is 5.56 Å². The van der Waals surface area contributed by atoms with Crippen LogP contribution in [0, 0.1) is 40.4 Å². The van der Waals surface area contributed by atoms with Crippen LogP contribution in [-0.4, -0.2) is 49.0 Å². The number of halogens is 5. The van der Waals surface area contributed by atoms with Crippen molar-refractivity contribution < 1.29 is 22.0 Å². The van der Waals surface area contributed by atoms with Crippen LogP contribution in [0.2, 0.25) is 0 Å². The molecule has 0 fully saturated rings. The molecule has 6 heterocycles. The van der Waals surface area contributed by atoms with Crippen LogP contribution in [0.5, 0.6) is 0 Å². The molecule has 11 nitrogen and oxygen atoms in total. The lowest BCUT2D eigenvalue weighted by atomic mass is 9.96. The standard InChI is InChI=1S/C53H26F5N11/c54-45-44(46(55)48(57)49(58)47(45)56)43-41(68-37-9-5-29(50-60-13-1-14-61-50)23-33(37)34-24-30(6-10-38(34)68)51-62-15-2-16-63-51)21-28(27-59)22-42(43)69-39-11-7-31(52-64-17-3-18-65-52)25-35(39)36-26-32(8-12-40(36)69)53-66-19-4-20-67-53/h1-26H. The van der Waals surface area contributed by atoms with E-state index in [9.17, 15) is 5.26 Å². The highest BCUT2D eigenvalue weighted by atomic mass is 19.2. The van der Waals surface area contributed by atoms with Gasteiger partial charge in [-0.05, 0) is 109 Å². The summed E-state index contributed by atoms with van der Waals surface area (Å²) in [5.41, 5.74) is 2.54. The average Bonchev–Trinajstić information content (AvgIpc) is 3.91. The molecule has 0 aliphatic rings. The van der Waals surface area contributed by atoms with E-state index in [0.717, 1.165) is 0 Å². The Balaban J connectivity index is 1.24. The zero-order valence-electron chi connectivity index (χ0n) is 35.3. The smallest absolute Gasteiger partial charge is 0.200 e. The average molecular weight is 912 g/mol. The molecule has 0 aliphatic carbocycles. The molecular formula is C53H26F5N11. The van der Waals surface area contributed by atoms with E-state index in [0.29, 0.717) is 89.2 Å². The van der Waals surface area contributed by atoms with Gasteiger partial charge >= 0.3 is 0 Å². The van der Waals surface area contributed by atoms with Gasteiger partial charge < -0.3 is 9.13 Å². The van der Waals surface area contributed by atoms with Gasteiger partial charge in [0.05, 0.1) is 50.6 Å². The second-order valence-electron chi connectivity index (χ2n) is 15.8. The minimum atomic E-state index is -2.32. The Labute approximate surface area is 386 Å².